The van der Waals surface area contributed by atoms with E-state index in [-0.39, 0.29) is 5.54 Å². The van der Waals surface area contributed by atoms with Crippen LogP contribution in [0.5, 0.6) is 0 Å². The third-order valence-corrected chi connectivity index (χ3v) is 3.72. The second-order valence-electron chi connectivity index (χ2n) is 5.44. The Labute approximate surface area is 88.6 Å². The molecule has 3 N–H and O–H groups in total. The summed E-state index contributed by atoms with van der Waals surface area (Å²) in [5.74, 6) is 1.58. The van der Waals surface area contributed by atoms with Crippen molar-refractivity contribution in [3.8, 4) is 0 Å². The average molecular weight is 198 g/mol. The van der Waals surface area contributed by atoms with E-state index in [1.54, 1.807) is 0 Å². The lowest BCUT2D eigenvalue weighted by atomic mass is 9.69. The number of nitrogens with one attached hydrogen (secondary N) is 1. The maximum Gasteiger partial charge on any atom is 0.0332 e. The first-order valence-corrected chi connectivity index (χ1v) is 5.98. The van der Waals surface area contributed by atoms with Crippen LogP contribution in [-0.4, -0.2) is 18.1 Å². The molecule has 1 aliphatic carbocycles. The standard InChI is InChI=1S/C12H26N2/c1-9(2)14-12(8-13)6-5-10(3)7-11(12)4/h9-11,14H,5-8,13H2,1-4H3. The first kappa shape index (κ1) is 12.0. The van der Waals surface area contributed by atoms with Crippen LogP contribution in [0.15, 0.2) is 0 Å². The van der Waals surface area contributed by atoms with Crippen molar-refractivity contribution in [2.24, 2.45) is 17.6 Å². The van der Waals surface area contributed by atoms with E-state index in [0.29, 0.717) is 12.0 Å². The minimum Gasteiger partial charge on any atom is -0.329 e. The van der Waals surface area contributed by atoms with Gasteiger partial charge in [0.2, 0.25) is 0 Å². The van der Waals surface area contributed by atoms with Gasteiger partial charge in [0.1, 0.15) is 0 Å². The molecule has 0 spiro atoms. The summed E-state index contributed by atoms with van der Waals surface area (Å²) < 4.78 is 0. The summed E-state index contributed by atoms with van der Waals surface area (Å²) in [7, 11) is 0. The number of hydrogen-bond donors (Lipinski definition) is 2. The Hall–Kier alpha value is -0.0800. The Bertz CT molecular complexity index is 179. The largest absolute Gasteiger partial charge is 0.329 e. The van der Waals surface area contributed by atoms with E-state index < -0.39 is 0 Å². The summed E-state index contributed by atoms with van der Waals surface area (Å²) in [5.41, 5.74) is 6.17. The van der Waals surface area contributed by atoms with Gasteiger partial charge in [0.05, 0.1) is 0 Å². The van der Waals surface area contributed by atoms with Crippen molar-refractivity contribution in [2.75, 3.05) is 6.54 Å². The molecule has 0 aromatic rings. The minimum atomic E-state index is 0.209. The van der Waals surface area contributed by atoms with Crippen LogP contribution in [0.3, 0.4) is 0 Å². The first-order chi connectivity index (χ1) is 6.50. The third-order valence-electron chi connectivity index (χ3n) is 3.72. The highest BCUT2D eigenvalue weighted by Gasteiger charge is 2.38. The van der Waals surface area contributed by atoms with E-state index in [1.807, 2.05) is 0 Å². The van der Waals surface area contributed by atoms with Gasteiger partial charge in [0, 0.05) is 18.1 Å². The molecule has 0 heterocycles. The van der Waals surface area contributed by atoms with Crippen molar-refractivity contribution in [1.29, 1.82) is 0 Å². The molecule has 1 aliphatic rings. The lowest BCUT2D eigenvalue weighted by Gasteiger charge is -2.46. The fourth-order valence-corrected chi connectivity index (χ4v) is 2.85. The molecule has 1 saturated carbocycles. The van der Waals surface area contributed by atoms with Crippen LogP contribution < -0.4 is 11.1 Å². The molecular formula is C12H26N2. The van der Waals surface area contributed by atoms with Gasteiger partial charge >= 0.3 is 0 Å². The van der Waals surface area contributed by atoms with Crippen LogP contribution >= 0.6 is 0 Å². The molecule has 3 atom stereocenters. The second kappa shape index (κ2) is 4.63. The van der Waals surface area contributed by atoms with Gasteiger partial charge in [-0.15, -0.1) is 0 Å². The molecule has 0 aliphatic heterocycles. The maximum absolute atomic E-state index is 5.96. The number of rotatable bonds is 3. The zero-order valence-electron chi connectivity index (χ0n) is 10.1. The van der Waals surface area contributed by atoms with Crippen LogP contribution in [0.2, 0.25) is 0 Å². The Morgan fingerprint density at radius 2 is 2.07 bits per heavy atom. The van der Waals surface area contributed by atoms with Crippen molar-refractivity contribution in [2.45, 2.75) is 58.5 Å². The van der Waals surface area contributed by atoms with Gasteiger partial charge < -0.3 is 11.1 Å². The van der Waals surface area contributed by atoms with Crippen LogP contribution in [0.25, 0.3) is 0 Å². The molecule has 2 nitrogen and oxygen atoms in total. The van der Waals surface area contributed by atoms with Crippen molar-refractivity contribution in [3.05, 3.63) is 0 Å². The molecule has 0 saturated heterocycles. The van der Waals surface area contributed by atoms with Gasteiger partial charge in [0.15, 0.2) is 0 Å². The molecule has 1 fully saturated rings. The van der Waals surface area contributed by atoms with E-state index >= 15 is 0 Å². The molecule has 84 valence electrons. The Morgan fingerprint density at radius 3 is 2.50 bits per heavy atom. The lowest BCUT2D eigenvalue weighted by molar-refractivity contribution is 0.120. The zero-order valence-corrected chi connectivity index (χ0v) is 10.1. The Balaban J connectivity index is 2.67. The highest BCUT2D eigenvalue weighted by molar-refractivity contribution is 4.98. The Kier molecular flexibility index (Phi) is 3.96. The predicted molar refractivity (Wildman–Crippen MR) is 62.2 cm³/mol. The first-order valence-electron chi connectivity index (χ1n) is 5.98. The highest BCUT2D eigenvalue weighted by Crippen LogP contribution is 2.36. The van der Waals surface area contributed by atoms with E-state index in [4.69, 9.17) is 5.73 Å². The predicted octanol–water partition coefficient (Wildman–Crippen LogP) is 2.14. The fourth-order valence-electron chi connectivity index (χ4n) is 2.85. The van der Waals surface area contributed by atoms with Crippen LogP contribution in [0.1, 0.15) is 47.0 Å². The summed E-state index contributed by atoms with van der Waals surface area (Å²) in [5, 5.41) is 3.69. The van der Waals surface area contributed by atoms with Crippen LogP contribution in [0, 0.1) is 11.8 Å². The molecule has 1 rings (SSSR count). The summed E-state index contributed by atoms with van der Waals surface area (Å²) in [6.45, 7) is 9.90. The molecule has 0 bridgehead atoms. The van der Waals surface area contributed by atoms with E-state index in [1.165, 1.54) is 19.3 Å². The third kappa shape index (κ3) is 2.48. The molecule has 0 aromatic carbocycles. The number of hydrogen-bond acceptors (Lipinski definition) is 2. The number of nitrogens with two attached hydrogens (primary N) is 1. The topological polar surface area (TPSA) is 38.0 Å². The van der Waals surface area contributed by atoms with Gasteiger partial charge in [-0.1, -0.05) is 27.7 Å². The molecule has 0 radical (unpaired) electrons. The fraction of sp³-hybridized carbons (Fsp3) is 1.00. The van der Waals surface area contributed by atoms with E-state index in [2.05, 4.69) is 33.0 Å². The second-order valence-corrected chi connectivity index (χ2v) is 5.44. The minimum absolute atomic E-state index is 0.209. The van der Waals surface area contributed by atoms with Crippen molar-refractivity contribution >= 4 is 0 Å². The van der Waals surface area contributed by atoms with Crippen molar-refractivity contribution < 1.29 is 0 Å². The zero-order chi connectivity index (χ0) is 10.8. The normalized spacial score (nSPS) is 39.0. The molecular weight excluding hydrogens is 172 g/mol. The summed E-state index contributed by atoms with van der Waals surface area (Å²) in [6, 6.07) is 0.536. The smallest absolute Gasteiger partial charge is 0.0332 e. The maximum atomic E-state index is 5.96. The van der Waals surface area contributed by atoms with Gasteiger partial charge in [-0.25, -0.2) is 0 Å². The van der Waals surface area contributed by atoms with Gasteiger partial charge in [0.25, 0.3) is 0 Å². The van der Waals surface area contributed by atoms with Gasteiger partial charge in [-0.05, 0) is 31.1 Å². The molecule has 0 aromatic heterocycles. The lowest BCUT2D eigenvalue weighted by Crippen LogP contribution is -2.60. The quantitative estimate of drug-likeness (QED) is 0.729. The van der Waals surface area contributed by atoms with Gasteiger partial charge in [-0.3, -0.25) is 0 Å². The SMILES string of the molecule is CC1CCC(CN)(NC(C)C)C(C)C1. The monoisotopic (exact) mass is 198 g/mol. The average Bonchev–Trinajstić information content (AvgIpc) is 2.10. The Morgan fingerprint density at radius 1 is 1.43 bits per heavy atom. The van der Waals surface area contributed by atoms with E-state index in [9.17, 15) is 0 Å². The highest BCUT2D eigenvalue weighted by atomic mass is 15.0. The molecule has 0 amide bonds. The van der Waals surface area contributed by atoms with Gasteiger partial charge in [-0.2, -0.15) is 0 Å². The van der Waals surface area contributed by atoms with E-state index in [0.717, 1.165) is 12.5 Å². The van der Waals surface area contributed by atoms with Crippen molar-refractivity contribution in [1.82, 2.24) is 5.32 Å². The van der Waals surface area contributed by atoms with Crippen molar-refractivity contribution in [3.63, 3.8) is 0 Å². The summed E-state index contributed by atoms with van der Waals surface area (Å²) in [4.78, 5) is 0. The van der Waals surface area contributed by atoms with Crippen LogP contribution in [0.4, 0.5) is 0 Å². The summed E-state index contributed by atoms with van der Waals surface area (Å²) >= 11 is 0. The van der Waals surface area contributed by atoms with Crippen LogP contribution in [-0.2, 0) is 0 Å². The molecule has 2 heteroatoms. The summed E-state index contributed by atoms with van der Waals surface area (Å²) in [6.07, 6.45) is 3.88. The molecule has 14 heavy (non-hydrogen) atoms. The molecule has 3 unspecified atom stereocenters.